The van der Waals surface area contributed by atoms with E-state index in [0.717, 1.165) is 11.1 Å². The van der Waals surface area contributed by atoms with E-state index in [0.29, 0.717) is 16.8 Å². The SMILES string of the molecule is Cc1ccc(S(=O)(=O)Nc2ccc(C(=O)NCc3ccccc3O)cc2)cc1C. The van der Waals surface area contributed by atoms with Crippen molar-refractivity contribution >= 4 is 21.6 Å². The number of benzene rings is 3. The van der Waals surface area contributed by atoms with E-state index in [9.17, 15) is 18.3 Å². The monoisotopic (exact) mass is 410 g/mol. The van der Waals surface area contributed by atoms with Crippen LogP contribution in [0, 0.1) is 13.8 Å². The Morgan fingerprint density at radius 2 is 1.62 bits per heavy atom. The van der Waals surface area contributed by atoms with Gasteiger partial charge in [0.1, 0.15) is 5.75 Å². The summed E-state index contributed by atoms with van der Waals surface area (Å²) in [6, 6.07) is 17.9. The third-order valence-corrected chi connectivity index (χ3v) is 6.00. The lowest BCUT2D eigenvalue weighted by molar-refractivity contribution is 0.0951. The Balaban J connectivity index is 1.67. The van der Waals surface area contributed by atoms with Gasteiger partial charge in [-0.2, -0.15) is 0 Å². The van der Waals surface area contributed by atoms with Crippen molar-refractivity contribution < 1.29 is 18.3 Å². The van der Waals surface area contributed by atoms with E-state index in [1.807, 2.05) is 13.8 Å². The Morgan fingerprint density at radius 1 is 0.931 bits per heavy atom. The van der Waals surface area contributed by atoms with Gasteiger partial charge in [0.2, 0.25) is 0 Å². The third kappa shape index (κ3) is 4.94. The molecule has 0 radical (unpaired) electrons. The molecular weight excluding hydrogens is 388 g/mol. The number of anilines is 1. The minimum Gasteiger partial charge on any atom is -0.508 e. The standard InChI is InChI=1S/C22H22N2O4S/c1-15-7-12-20(13-16(15)2)29(27,28)24-19-10-8-17(9-11-19)22(26)23-14-18-5-3-4-6-21(18)25/h3-13,24-25H,14H2,1-2H3,(H,23,26). The molecule has 0 aromatic heterocycles. The average Bonchev–Trinajstić information content (AvgIpc) is 2.69. The average molecular weight is 410 g/mol. The second-order valence-electron chi connectivity index (χ2n) is 6.74. The van der Waals surface area contributed by atoms with Crippen LogP contribution >= 0.6 is 0 Å². The molecule has 1 amide bonds. The highest BCUT2D eigenvalue weighted by Crippen LogP contribution is 2.20. The number of rotatable bonds is 6. The number of phenolic OH excluding ortho intramolecular Hbond substituents is 1. The molecule has 0 aliphatic rings. The lowest BCUT2D eigenvalue weighted by Crippen LogP contribution is -2.22. The molecule has 0 saturated heterocycles. The molecule has 0 fully saturated rings. The van der Waals surface area contributed by atoms with E-state index in [1.165, 1.54) is 12.1 Å². The van der Waals surface area contributed by atoms with Gasteiger partial charge in [-0.1, -0.05) is 24.3 Å². The molecule has 29 heavy (non-hydrogen) atoms. The summed E-state index contributed by atoms with van der Waals surface area (Å²) < 4.78 is 27.6. The lowest BCUT2D eigenvalue weighted by atomic mass is 10.1. The number of hydrogen-bond donors (Lipinski definition) is 3. The molecule has 0 heterocycles. The Kier molecular flexibility index (Phi) is 5.89. The molecule has 3 aromatic carbocycles. The molecule has 3 N–H and O–H groups in total. The largest absolute Gasteiger partial charge is 0.508 e. The highest BCUT2D eigenvalue weighted by atomic mass is 32.2. The van der Waals surface area contributed by atoms with Gasteiger partial charge in [0.05, 0.1) is 4.90 Å². The minimum atomic E-state index is -3.72. The van der Waals surface area contributed by atoms with Crippen molar-refractivity contribution in [1.29, 1.82) is 0 Å². The fourth-order valence-electron chi connectivity index (χ4n) is 2.72. The number of amides is 1. The predicted octanol–water partition coefficient (Wildman–Crippen LogP) is 3.74. The van der Waals surface area contributed by atoms with Crippen molar-refractivity contribution in [3.63, 3.8) is 0 Å². The molecule has 0 atom stereocenters. The second kappa shape index (κ2) is 8.36. The molecule has 0 spiro atoms. The zero-order valence-electron chi connectivity index (χ0n) is 16.1. The molecule has 0 aliphatic heterocycles. The molecule has 6 nitrogen and oxygen atoms in total. The van der Waals surface area contributed by atoms with Crippen LogP contribution in [0.1, 0.15) is 27.0 Å². The summed E-state index contributed by atoms with van der Waals surface area (Å²) in [6.07, 6.45) is 0. The number of para-hydroxylation sites is 1. The topological polar surface area (TPSA) is 95.5 Å². The molecule has 150 valence electrons. The number of aromatic hydroxyl groups is 1. The van der Waals surface area contributed by atoms with Crippen molar-refractivity contribution in [2.45, 2.75) is 25.3 Å². The summed E-state index contributed by atoms with van der Waals surface area (Å²) in [4.78, 5) is 12.5. The number of sulfonamides is 1. The van der Waals surface area contributed by atoms with Crippen LogP contribution in [-0.4, -0.2) is 19.4 Å². The van der Waals surface area contributed by atoms with Gasteiger partial charge in [-0.25, -0.2) is 8.42 Å². The molecule has 0 aliphatic carbocycles. The molecule has 7 heteroatoms. The van der Waals surface area contributed by atoms with Gasteiger partial charge in [-0.05, 0) is 67.4 Å². The van der Waals surface area contributed by atoms with Gasteiger partial charge in [0.15, 0.2) is 0 Å². The van der Waals surface area contributed by atoms with Crippen LogP contribution in [0.5, 0.6) is 5.75 Å². The van der Waals surface area contributed by atoms with Gasteiger partial charge < -0.3 is 10.4 Å². The summed E-state index contributed by atoms with van der Waals surface area (Å²) in [5.41, 5.74) is 3.26. The maximum Gasteiger partial charge on any atom is 0.261 e. The summed E-state index contributed by atoms with van der Waals surface area (Å²) in [7, 11) is -3.72. The van der Waals surface area contributed by atoms with Crippen LogP contribution in [0.4, 0.5) is 5.69 Å². The minimum absolute atomic E-state index is 0.115. The number of hydrogen-bond acceptors (Lipinski definition) is 4. The molecule has 3 aromatic rings. The van der Waals surface area contributed by atoms with Crippen molar-refractivity contribution in [3.8, 4) is 5.75 Å². The van der Waals surface area contributed by atoms with Crippen LogP contribution < -0.4 is 10.0 Å². The van der Waals surface area contributed by atoms with Crippen molar-refractivity contribution in [2.75, 3.05) is 4.72 Å². The first-order chi connectivity index (χ1) is 13.8. The van der Waals surface area contributed by atoms with Gasteiger partial charge in [-0.3, -0.25) is 9.52 Å². The molecular formula is C22H22N2O4S. The Hall–Kier alpha value is -3.32. The normalized spacial score (nSPS) is 11.1. The Labute approximate surface area is 170 Å². The van der Waals surface area contributed by atoms with Gasteiger partial charge >= 0.3 is 0 Å². The molecule has 0 unspecified atom stereocenters. The maximum absolute atomic E-state index is 12.6. The smallest absolute Gasteiger partial charge is 0.261 e. The summed E-state index contributed by atoms with van der Waals surface area (Å²) in [5.74, 6) is -0.208. The van der Waals surface area contributed by atoms with Gasteiger partial charge in [0, 0.05) is 23.4 Å². The fraction of sp³-hybridized carbons (Fsp3) is 0.136. The van der Waals surface area contributed by atoms with E-state index < -0.39 is 10.0 Å². The number of nitrogens with one attached hydrogen (secondary N) is 2. The number of carbonyl (C=O) groups is 1. The van der Waals surface area contributed by atoms with E-state index in [-0.39, 0.29) is 23.1 Å². The summed E-state index contributed by atoms with van der Waals surface area (Å²) in [6.45, 7) is 3.96. The summed E-state index contributed by atoms with van der Waals surface area (Å²) >= 11 is 0. The van der Waals surface area contributed by atoms with Crippen LogP contribution in [0.25, 0.3) is 0 Å². The Bertz CT molecular complexity index is 1140. The maximum atomic E-state index is 12.6. The molecule has 0 bridgehead atoms. The zero-order chi connectivity index (χ0) is 21.0. The number of carbonyl (C=O) groups excluding carboxylic acids is 1. The lowest BCUT2D eigenvalue weighted by Gasteiger charge is -2.11. The van der Waals surface area contributed by atoms with E-state index in [4.69, 9.17) is 0 Å². The van der Waals surface area contributed by atoms with Crippen LogP contribution in [0.15, 0.2) is 71.6 Å². The second-order valence-corrected chi connectivity index (χ2v) is 8.42. The van der Waals surface area contributed by atoms with E-state index in [2.05, 4.69) is 10.0 Å². The van der Waals surface area contributed by atoms with Crippen molar-refractivity contribution in [3.05, 3.63) is 89.0 Å². The first-order valence-corrected chi connectivity index (χ1v) is 10.5. The van der Waals surface area contributed by atoms with Crippen molar-refractivity contribution in [2.24, 2.45) is 0 Å². The Morgan fingerprint density at radius 3 is 2.28 bits per heavy atom. The van der Waals surface area contributed by atoms with Crippen LogP contribution in [0.2, 0.25) is 0 Å². The highest BCUT2D eigenvalue weighted by molar-refractivity contribution is 7.92. The van der Waals surface area contributed by atoms with E-state index in [1.54, 1.807) is 54.6 Å². The molecule has 3 rings (SSSR count). The number of aryl methyl sites for hydroxylation is 2. The zero-order valence-corrected chi connectivity index (χ0v) is 17.0. The third-order valence-electron chi connectivity index (χ3n) is 4.62. The quantitative estimate of drug-likeness (QED) is 0.577. The number of phenols is 1. The van der Waals surface area contributed by atoms with E-state index >= 15 is 0 Å². The highest BCUT2D eigenvalue weighted by Gasteiger charge is 2.15. The predicted molar refractivity (Wildman–Crippen MR) is 112 cm³/mol. The van der Waals surface area contributed by atoms with Gasteiger partial charge in [-0.15, -0.1) is 0 Å². The van der Waals surface area contributed by atoms with Crippen molar-refractivity contribution in [1.82, 2.24) is 5.32 Å². The van der Waals surface area contributed by atoms with Crippen LogP contribution in [-0.2, 0) is 16.6 Å². The first kappa shape index (κ1) is 20.4. The summed E-state index contributed by atoms with van der Waals surface area (Å²) in [5, 5.41) is 12.5. The molecule has 0 saturated carbocycles. The van der Waals surface area contributed by atoms with Gasteiger partial charge in [0.25, 0.3) is 15.9 Å². The first-order valence-electron chi connectivity index (χ1n) is 9.01. The van der Waals surface area contributed by atoms with Crippen LogP contribution in [0.3, 0.4) is 0 Å². The fourth-order valence-corrected chi connectivity index (χ4v) is 3.87.